The first kappa shape index (κ1) is 28.9. The number of allylic oxidation sites excluding steroid dienone is 3. The third-order valence-corrected chi connectivity index (χ3v) is 9.53. The van der Waals surface area contributed by atoms with Gasteiger partial charge < -0.3 is 19.7 Å². The van der Waals surface area contributed by atoms with Gasteiger partial charge in [0.2, 0.25) is 0 Å². The second kappa shape index (κ2) is 12.7. The predicted octanol–water partition coefficient (Wildman–Crippen LogP) is 6.32. The summed E-state index contributed by atoms with van der Waals surface area (Å²) in [6.45, 7) is 13.4. The van der Waals surface area contributed by atoms with Gasteiger partial charge in [-0.25, -0.2) is 0 Å². The van der Waals surface area contributed by atoms with E-state index in [0.29, 0.717) is 49.0 Å². The molecule has 3 aliphatic carbocycles. The molecule has 0 aromatic carbocycles. The van der Waals surface area contributed by atoms with Crippen LogP contribution in [0.1, 0.15) is 98.3 Å². The number of rotatable bonds is 9. The van der Waals surface area contributed by atoms with Crippen molar-refractivity contribution in [3.63, 3.8) is 0 Å². The van der Waals surface area contributed by atoms with Gasteiger partial charge in [-0.15, -0.1) is 0 Å². The van der Waals surface area contributed by atoms with Crippen molar-refractivity contribution in [1.29, 1.82) is 0 Å². The maximum Gasteiger partial charge on any atom is 0.125 e. The highest BCUT2D eigenvalue weighted by Crippen LogP contribution is 2.59. The van der Waals surface area contributed by atoms with Crippen LogP contribution in [0.25, 0.3) is 0 Å². The highest BCUT2D eigenvalue weighted by molar-refractivity contribution is 5.49. The minimum absolute atomic E-state index is 0.272. The number of ether oxygens (including phenoxy) is 1. The Balaban J connectivity index is 1.67. The Morgan fingerprint density at radius 3 is 2.67 bits per heavy atom. The van der Waals surface area contributed by atoms with E-state index in [9.17, 15) is 15.0 Å². The van der Waals surface area contributed by atoms with Gasteiger partial charge in [-0.1, -0.05) is 63.8 Å². The van der Waals surface area contributed by atoms with Crippen LogP contribution in [0.3, 0.4) is 0 Å². The summed E-state index contributed by atoms with van der Waals surface area (Å²) in [7, 11) is 0. The topological polar surface area (TPSA) is 66.8 Å². The lowest BCUT2D eigenvalue weighted by Crippen LogP contribution is -2.36. The largest absolute Gasteiger partial charge is 0.386 e. The van der Waals surface area contributed by atoms with Crippen LogP contribution >= 0.6 is 0 Å². The summed E-state index contributed by atoms with van der Waals surface area (Å²) in [5, 5.41) is 21.2. The first-order valence-corrected chi connectivity index (χ1v) is 14.2. The zero-order valence-electron chi connectivity index (χ0n) is 23.0. The van der Waals surface area contributed by atoms with E-state index >= 15 is 0 Å². The lowest BCUT2D eigenvalue weighted by Gasteiger charge is -2.44. The van der Waals surface area contributed by atoms with Crippen LogP contribution in [-0.2, 0) is 9.53 Å². The van der Waals surface area contributed by atoms with Crippen molar-refractivity contribution in [2.75, 3.05) is 6.61 Å². The van der Waals surface area contributed by atoms with Crippen LogP contribution in [0.15, 0.2) is 35.5 Å². The third-order valence-electron chi connectivity index (χ3n) is 9.53. The van der Waals surface area contributed by atoms with E-state index in [1.165, 1.54) is 25.7 Å². The molecule has 3 fully saturated rings. The van der Waals surface area contributed by atoms with Crippen LogP contribution in [0.5, 0.6) is 0 Å². The monoisotopic (exact) mass is 496 g/mol. The van der Waals surface area contributed by atoms with E-state index in [0.717, 1.165) is 43.1 Å². The molecule has 0 radical (unpaired) electrons. The van der Waals surface area contributed by atoms with E-state index in [-0.39, 0.29) is 6.10 Å². The number of carbonyl (C=O) groups is 1. The maximum absolute atomic E-state index is 10.7. The Bertz CT molecular complexity index is 899. The van der Waals surface area contributed by atoms with E-state index < -0.39 is 11.7 Å². The van der Waals surface area contributed by atoms with Crippen molar-refractivity contribution in [3.05, 3.63) is 35.5 Å². The Kier molecular flexibility index (Phi) is 10.2. The zero-order chi connectivity index (χ0) is 26.3. The average Bonchev–Trinajstić information content (AvgIpc) is 3.23. The number of aliphatic hydroxyl groups excluding tert-OH is 1. The second-order valence-electron chi connectivity index (χ2n) is 11.6. The molecule has 6 atom stereocenters. The Hall–Kier alpha value is -1.67. The molecule has 0 saturated heterocycles. The molecule has 0 heterocycles. The van der Waals surface area contributed by atoms with Gasteiger partial charge in [-0.2, -0.15) is 0 Å². The molecule has 0 aromatic heterocycles. The van der Waals surface area contributed by atoms with Crippen LogP contribution in [0.2, 0.25) is 0 Å². The SMILES string of the molecule is C=C1/C(=C\C=C2/CCC[C@@]3(C)C2CCC3[C@@H](C)CC#CC(O)(CC)CC)CCC(OCCC=O)C1O. The van der Waals surface area contributed by atoms with Gasteiger partial charge >= 0.3 is 0 Å². The van der Waals surface area contributed by atoms with Crippen LogP contribution < -0.4 is 0 Å². The minimum Gasteiger partial charge on any atom is -0.386 e. The van der Waals surface area contributed by atoms with E-state index in [1.54, 1.807) is 5.57 Å². The fourth-order valence-electron chi connectivity index (χ4n) is 7.03. The number of hydrogen-bond donors (Lipinski definition) is 2. The molecule has 4 unspecified atom stereocenters. The molecule has 0 amide bonds. The quantitative estimate of drug-likeness (QED) is 0.223. The number of fused-ring (bicyclic) bond motifs is 1. The Labute approximate surface area is 219 Å². The smallest absolute Gasteiger partial charge is 0.125 e. The highest BCUT2D eigenvalue weighted by Gasteiger charge is 2.50. The predicted molar refractivity (Wildman–Crippen MR) is 146 cm³/mol. The summed E-state index contributed by atoms with van der Waals surface area (Å²) in [5.74, 6) is 8.28. The summed E-state index contributed by atoms with van der Waals surface area (Å²) in [5.41, 5.74) is 2.89. The number of aliphatic hydroxyl groups is 2. The van der Waals surface area contributed by atoms with Crippen LogP contribution in [0, 0.1) is 35.0 Å². The van der Waals surface area contributed by atoms with E-state index in [2.05, 4.69) is 44.4 Å². The van der Waals surface area contributed by atoms with Crippen LogP contribution in [0.4, 0.5) is 0 Å². The third kappa shape index (κ3) is 6.42. The lowest BCUT2D eigenvalue weighted by molar-refractivity contribution is -0.110. The molecular formula is C32H48O4. The highest BCUT2D eigenvalue weighted by atomic mass is 16.5. The van der Waals surface area contributed by atoms with Gasteiger partial charge in [0.05, 0.1) is 12.7 Å². The molecule has 3 saturated carbocycles. The van der Waals surface area contributed by atoms with Crippen molar-refractivity contribution >= 4 is 6.29 Å². The molecule has 200 valence electrons. The molecule has 3 aliphatic rings. The van der Waals surface area contributed by atoms with E-state index in [1.807, 2.05) is 13.8 Å². The Morgan fingerprint density at radius 1 is 1.22 bits per heavy atom. The van der Waals surface area contributed by atoms with Gasteiger partial charge in [-0.05, 0) is 92.1 Å². The second-order valence-corrected chi connectivity index (χ2v) is 11.6. The molecule has 4 nitrogen and oxygen atoms in total. The summed E-state index contributed by atoms with van der Waals surface area (Å²) in [6.07, 6.45) is 14.7. The molecule has 0 spiro atoms. The molecule has 3 rings (SSSR count). The van der Waals surface area contributed by atoms with E-state index in [4.69, 9.17) is 4.74 Å². The van der Waals surface area contributed by atoms with Crippen molar-refractivity contribution in [1.82, 2.24) is 0 Å². The number of hydrogen-bond acceptors (Lipinski definition) is 4. The van der Waals surface area contributed by atoms with Crippen molar-refractivity contribution in [3.8, 4) is 11.8 Å². The fourth-order valence-corrected chi connectivity index (χ4v) is 7.03. The average molecular weight is 497 g/mol. The molecule has 0 aliphatic heterocycles. The van der Waals surface area contributed by atoms with Crippen molar-refractivity contribution in [2.24, 2.45) is 23.2 Å². The standard InChI is InChI=1S/C32H48O4/c1-6-32(35,7-2)20-8-11-23(3)27-16-17-28-26(12-9-19-31(27,28)5)14-13-25-15-18-29(30(34)24(25)4)36-22-10-21-33/h13-14,21,23,27-30,34-35H,4,6-7,9-12,15-19,22H2,1-3,5H3/b25-13-,26-14+/t23-,27?,28?,29?,30?,31+/m0/s1. The fraction of sp³-hybridized carbons (Fsp3) is 0.719. The van der Waals surface area contributed by atoms with Gasteiger partial charge in [-0.3, -0.25) is 0 Å². The normalized spacial score (nSPS) is 33.8. The maximum atomic E-state index is 10.7. The summed E-state index contributed by atoms with van der Waals surface area (Å²) >= 11 is 0. The van der Waals surface area contributed by atoms with Crippen molar-refractivity contribution in [2.45, 2.75) is 116 Å². The molecule has 2 N–H and O–H groups in total. The van der Waals surface area contributed by atoms with Gasteiger partial charge in [0.15, 0.2) is 0 Å². The summed E-state index contributed by atoms with van der Waals surface area (Å²) in [4.78, 5) is 10.6. The molecule has 0 bridgehead atoms. The minimum atomic E-state index is -0.839. The first-order valence-electron chi connectivity index (χ1n) is 14.2. The molecule has 0 aromatic rings. The van der Waals surface area contributed by atoms with Gasteiger partial charge in [0, 0.05) is 12.8 Å². The number of aldehydes is 1. The lowest BCUT2D eigenvalue weighted by atomic mass is 9.61. The molecular weight excluding hydrogens is 448 g/mol. The number of carbonyl (C=O) groups excluding carboxylic acids is 1. The van der Waals surface area contributed by atoms with Gasteiger partial charge in [0.1, 0.15) is 18.0 Å². The van der Waals surface area contributed by atoms with Gasteiger partial charge in [0.25, 0.3) is 0 Å². The van der Waals surface area contributed by atoms with Crippen molar-refractivity contribution < 1.29 is 19.7 Å². The molecule has 36 heavy (non-hydrogen) atoms. The summed E-state index contributed by atoms with van der Waals surface area (Å²) in [6, 6.07) is 0. The summed E-state index contributed by atoms with van der Waals surface area (Å²) < 4.78 is 5.70. The zero-order valence-corrected chi connectivity index (χ0v) is 23.0. The Morgan fingerprint density at radius 2 is 1.97 bits per heavy atom. The molecule has 4 heteroatoms. The van der Waals surface area contributed by atoms with Crippen LogP contribution in [-0.4, -0.2) is 40.9 Å². The first-order chi connectivity index (χ1) is 17.2.